The molecular formula is C12H6ClF2. The molecule has 0 aliphatic rings. The van der Waals surface area contributed by atoms with Crippen LogP contribution < -0.4 is 0 Å². The molecule has 0 aliphatic heterocycles. The molecule has 0 N–H and O–H groups in total. The van der Waals surface area contributed by atoms with Crippen molar-refractivity contribution >= 4 is 11.6 Å². The normalized spacial score (nSPS) is 10.3. The lowest BCUT2D eigenvalue weighted by Gasteiger charge is -2.04. The van der Waals surface area contributed by atoms with E-state index >= 15 is 0 Å². The minimum Gasteiger partial charge on any atom is -0.206 e. The quantitative estimate of drug-likeness (QED) is 0.683. The predicted molar refractivity (Wildman–Crippen MR) is 55.6 cm³/mol. The zero-order valence-corrected chi connectivity index (χ0v) is 8.35. The molecule has 0 unspecified atom stereocenters. The van der Waals surface area contributed by atoms with Crippen molar-refractivity contribution < 1.29 is 8.78 Å². The maximum atomic E-state index is 13.4. The first-order chi connectivity index (χ1) is 7.18. The molecule has 0 saturated heterocycles. The highest BCUT2D eigenvalue weighted by atomic mass is 35.5. The van der Waals surface area contributed by atoms with Gasteiger partial charge in [-0.3, -0.25) is 0 Å². The average molecular weight is 224 g/mol. The fourth-order valence-electron chi connectivity index (χ4n) is 1.33. The molecule has 0 spiro atoms. The third kappa shape index (κ3) is 2.00. The van der Waals surface area contributed by atoms with Crippen molar-refractivity contribution in [1.29, 1.82) is 0 Å². The summed E-state index contributed by atoms with van der Waals surface area (Å²) < 4.78 is 26.1. The summed E-state index contributed by atoms with van der Waals surface area (Å²) in [5.74, 6) is -0.945. The van der Waals surface area contributed by atoms with E-state index in [0.29, 0.717) is 11.1 Å². The number of rotatable bonds is 1. The van der Waals surface area contributed by atoms with Crippen molar-refractivity contribution in [1.82, 2.24) is 0 Å². The van der Waals surface area contributed by atoms with Gasteiger partial charge < -0.3 is 0 Å². The van der Waals surface area contributed by atoms with E-state index in [2.05, 4.69) is 6.07 Å². The second-order valence-corrected chi connectivity index (χ2v) is 3.39. The highest BCUT2D eigenvalue weighted by Crippen LogP contribution is 2.29. The zero-order chi connectivity index (χ0) is 10.8. The standard InChI is InChI=1S/C12H6ClF2/c13-11-7-8(14)5-6-9(11)10-3-1-2-4-12(10)15/h1-6H. The third-order valence-corrected chi connectivity index (χ3v) is 2.32. The number of hydrogen-bond donors (Lipinski definition) is 0. The van der Waals surface area contributed by atoms with Crippen LogP contribution >= 0.6 is 11.6 Å². The Morgan fingerprint density at radius 2 is 1.67 bits per heavy atom. The van der Waals surface area contributed by atoms with Crippen molar-refractivity contribution in [3.63, 3.8) is 0 Å². The van der Waals surface area contributed by atoms with Gasteiger partial charge >= 0.3 is 0 Å². The Kier molecular flexibility index (Phi) is 2.69. The summed E-state index contributed by atoms with van der Waals surface area (Å²) in [6.45, 7) is 0. The van der Waals surface area contributed by atoms with Crippen LogP contribution in [0.1, 0.15) is 0 Å². The number of hydrogen-bond acceptors (Lipinski definition) is 0. The van der Waals surface area contributed by atoms with Gasteiger partial charge in [-0.25, -0.2) is 8.78 Å². The molecule has 0 saturated carbocycles. The first-order valence-corrected chi connectivity index (χ1v) is 4.68. The van der Waals surface area contributed by atoms with Crippen LogP contribution in [0.5, 0.6) is 0 Å². The highest BCUT2D eigenvalue weighted by Gasteiger charge is 2.08. The molecule has 0 nitrogen and oxygen atoms in total. The van der Waals surface area contributed by atoms with Gasteiger partial charge in [0.05, 0.1) is 5.02 Å². The summed E-state index contributed by atoms with van der Waals surface area (Å²) in [4.78, 5) is 0. The minimum absolute atomic E-state index is 0.0834. The van der Waals surface area contributed by atoms with Gasteiger partial charge in [-0.05, 0) is 18.2 Å². The molecule has 0 atom stereocenters. The Labute approximate surface area is 91.1 Å². The molecule has 0 fully saturated rings. The second kappa shape index (κ2) is 3.99. The maximum Gasteiger partial charge on any atom is 0.132 e. The molecular weight excluding hydrogens is 218 g/mol. The Bertz CT molecular complexity index is 495. The summed E-state index contributed by atoms with van der Waals surface area (Å²) >= 11 is 5.77. The number of halogens is 3. The SMILES string of the molecule is Fc1[c]c(Cl)c(-c2ccccc2F)cc1. The smallest absolute Gasteiger partial charge is 0.132 e. The molecule has 2 aromatic carbocycles. The van der Waals surface area contributed by atoms with Gasteiger partial charge in [0.2, 0.25) is 0 Å². The fraction of sp³-hybridized carbons (Fsp3) is 0. The van der Waals surface area contributed by atoms with Gasteiger partial charge in [-0.2, -0.15) is 0 Å². The molecule has 2 aromatic rings. The van der Waals surface area contributed by atoms with Crippen molar-refractivity contribution in [2.45, 2.75) is 0 Å². The molecule has 0 aromatic heterocycles. The van der Waals surface area contributed by atoms with Gasteiger partial charge in [-0.15, -0.1) is 0 Å². The Hall–Kier alpha value is -1.41. The van der Waals surface area contributed by atoms with E-state index in [1.165, 1.54) is 18.2 Å². The summed E-state index contributed by atoms with van der Waals surface area (Å²) in [6.07, 6.45) is 0. The van der Waals surface area contributed by atoms with E-state index < -0.39 is 5.82 Å². The first kappa shape index (κ1) is 10.1. The topological polar surface area (TPSA) is 0 Å². The Balaban J connectivity index is 2.60. The van der Waals surface area contributed by atoms with Gasteiger partial charge in [0.1, 0.15) is 11.6 Å². The number of benzene rings is 2. The van der Waals surface area contributed by atoms with E-state index in [9.17, 15) is 8.78 Å². The lowest BCUT2D eigenvalue weighted by Crippen LogP contribution is -1.86. The summed E-state index contributed by atoms with van der Waals surface area (Å²) in [7, 11) is 0. The van der Waals surface area contributed by atoms with Crippen molar-refractivity contribution in [2.75, 3.05) is 0 Å². The van der Waals surface area contributed by atoms with E-state index in [1.54, 1.807) is 18.2 Å². The predicted octanol–water partition coefficient (Wildman–Crippen LogP) is 4.09. The van der Waals surface area contributed by atoms with Crippen LogP contribution in [-0.4, -0.2) is 0 Å². The van der Waals surface area contributed by atoms with Crippen LogP contribution in [0.25, 0.3) is 11.1 Å². The average Bonchev–Trinajstić information content (AvgIpc) is 2.20. The summed E-state index contributed by atoms with van der Waals surface area (Å²) in [6, 6.07) is 11.1. The first-order valence-electron chi connectivity index (χ1n) is 4.30. The third-order valence-electron chi connectivity index (χ3n) is 2.03. The van der Waals surface area contributed by atoms with Crippen LogP contribution in [0, 0.1) is 17.7 Å². The second-order valence-electron chi connectivity index (χ2n) is 3.01. The molecule has 0 aliphatic carbocycles. The van der Waals surface area contributed by atoms with Crippen LogP contribution in [-0.2, 0) is 0 Å². The maximum absolute atomic E-state index is 13.4. The van der Waals surface area contributed by atoms with E-state index in [-0.39, 0.29) is 10.8 Å². The summed E-state index contributed by atoms with van der Waals surface area (Å²) in [5, 5.41) is 0.0834. The van der Waals surface area contributed by atoms with Crippen LogP contribution in [0.3, 0.4) is 0 Å². The van der Waals surface area contributed by atoms with E-state index in [0.717, 1.165) is 0 Å². The van der Waals surface area contributed by atoms with Crippen molar-refractivity contribution in [3.8, 4) is 11.1 Å². The van der Waals surface area contributed by atoms with Crippen molar-refractivity contribution in [2.24, 2.45) is 0 Å². The highest BCUT2D eigenvalue weighted by molar-refractivity contribution is 6.33. The van der Waals surface area contributed by atoms with E-state index in [4.69, 9.17) is 11.6 Å². The lowest BCUT2D eigenvalue weighted by molar-refractivity contribution is 0.624. The molecule has 75 valence electrons. The van der Waals surface area contributed by atoms with Gasteiger partial charge in [0.25, 0.3) is 0 Å². The van der Waals surface area contributed by atoms with Crippen molar-refractivity contribution in [3.05, 3.63) is 59.1 Å². The van der Waals surface area contributed by atoms with Gasteiger partial charge in [0.15, 0.2) is 0 Å². The Morgan fingerprint density at radius 1 is 0.933 bits per heavy atom. The van der Waals surface area contributed by atoms with Crippen LogP contribution in [0.2, 0.25) is 5.02 Å². The molecule has 0 bridgehead atoms. The lowest BCUT2D eigenvalue weighted by atomic mass is 10.1. The molecule has 3 heteroatoms. The fourth-order valence-corrected chi connectivity index (χ4v) is 1.59. The van der Waals surface area contributed by atoms with Crippen LogP contribution in [0.15, 0.2) is 36.4 Å². The monoisotopic (exact) mass is 223 g/mol. The molecule has 1 radical (unpaired) electrons. The van der Waals surface area contributed by atoms with E-state index in [1.807, 2.05) is 0 Å². The zero-order valence-electron chi connectivity index (χ0n) is 7.60. The van der Waals surface area contributed by atoms with Gasteiger partial charge in [-0.1, -0.05) is 29.8 Å². The minimum atomic E-state index is -0.555. The van der Waals surface area contributed by atoms with Gasteiger partial charge in [0, 0.05) is 17.2 Å². The largest absolute Gasteiger partial charge is 0.206 e. The van der Waals surface area contributed by atoms with Crippen LogP contribution in [0.4, 0.5) is 8.78 Å². The molecule has 0 amide bonds. The Morgan fingerprint density at radius 3 is 2.33 bits per heavy atom. The molecule has 2 rings (SSSR count). The molecule has 0 heterocycles. The summed E-state index contributed by atoms with van der Waals surface area (Å²) in [5.41, 5.74) is 0.787. The molecule has 15 heavy (non-hydrogen) atoms.